The highest BCUT2D eigenvalue weighted by Gasteiger charge is 2.27. The Morgan fingerprint density at radius 2 is 2.08 bits per heavy atom. The van der Waals surface area contributed by atoms with E-state index in [0.29, 0.717) is 22.4 Å². The van der Waals surface area contributed by atoms with Gasteiger partial charge in [0.05, 0.1) is 23.0 Å². The molecule has 0 unspecified atom stereocenters. The Bertz CT molecular complexity index is 954. The normalized spacial score (nSPS) is 18.7. The van der Waals surface area contributed by atoms with Crippen LogP contribution in [0.5, 0.6) is 0 Å². The third-order valence-corrected chi connectivity index (χ3v) is 4.49. The molecule has 0 bridgehead atoms. The molecule has 3 aromatic rings. The van der Waals surface area contributed by atoms with Crippen LogP contribution >= 0.6 is 0 Å². The van der Waals surface area contributed by atoms with Crippen molar-refractivity contribution in [3.63, 3.8) is 0 Å². The second kappa shape index (κ2) is 5.64. The molecule has 1 N–H and O–H groups in total. The SMILES string of the molecule is C[C@H]1C/C(=C\c2ccco2)c2nc3ccccc3c(C(=O)O)c2C1. The predicted molar refractivity (Wildman–Crippen MR) is 92.8 cm³/mol. The van der Waals surface area contributed by atoms with E-state index >= 15 is 0 Å². The molecule has 0 radical (unpaired) electrons. The van der Waals surface area contributed by atoms with Gasteiger partial charge < -0.3 is 9.52 Å². The van der Waals surface area contributed by atoms with E-state index < -0.39 is 5.97 Å². The fourth-order valence-corrected chi connectivity index (χ4v) is 3.53. The standard InChI is InChI=1S/C20H17NO3/c1-12-9-13(11-14-5-4-8-24-14)19-16(10-12)18(20(22)23)15-6-2-3-7-17(15)21-19/h2-8,11-12H,9-10H2,1H3,(H,22,23)/b13-11+/t12-/m0/s1. The Labute approximate surface area is 139 Å². The number of nitrogens with zero attached hydrogens (tertiary/aromatic N) is 1. The van der Waals surface area contributed by atoms with E-state index in [-0.39, 0.29) is 0 Å². The van der Waals surface area contributed by atoms with Gasteiger partial charge in [-0.2, -0.15) is 0 Å². The lowest BCUT2D eigenvalue weighted by molar-refractivity contribution is 0.0697. The summed E-state index contributed by atoms with van der Waals surface area (Å²) in [6.45, 7) is 2.14. The number of para-hydroxylation sites is 1. The fourth-order valence-electron chi connectivity index (χ4n) is 3.53. The van der Waals surface area contributed by atoms with Crippen LogP contribution in [-0.2, 0) is 6.42 Å². The van der Waals surface area contributed by atoms with Crippen molar-refractivity contribution in [3.8, 4) is 0 Å². The number of aromatic carboxylic acids is 1. The molecule has 0 spiro atoms. The first-order chi connectivity index (χ1) is 11.6. The molecule has 1 atom stereocenters. The first kappa shape index (κ1) is 14.7. The van der Waals surface area contributed by atoms with Crippen molar-refractivity contribution >= 4 is 28.5 Å². The lowest BCUT2D eigenvalue weighted by Crippen LogP contribution is -2.17. The van der Waals surface area contributed by atoms with E-state index in [4.69, 9.17) is 9.40 Å². The van der Waals surface area contributed by atoms with Crippen molar-refractivity contribution in [1.29, 1.82) is 0 Å². The Morgan fingerprint density at radius 3 is 2.83 bits per heavy atom. The van der Waals surface area contributed by atoms with Crippen LogP contribution in [0.25, 0.3) is 22.6 Å². The molecule has 120 valence electrons. The molecule has 1 aliphatic carbocycles. The summed E-state index contributed by atoms with van der Waals surface area (Å²) >= 11 is 0. The third-order valence-electron chi connectivity index (χ3n) is 4.49. The van der Waals surface area contributed by atoms with E-state index in [1.165, 1.54) is 0 Å². The van der Waals surface area contributed by atoms with Crippen LogP contribution in [0.4, 0.5) is 0 Å². The number of rotatable bonds is 2. The zero-order valence-corrected chi connectivity index (χ0v) is 13.3. The molecule has 0 amide bonds. The summed E-state index contributed by atoms with van der Waals surface area (Å²) in [5.74, 6) is 0.230. The van der Waals surface area contributed by atoms with Gasteiger partial charge in [-0.1, -0.05) is 25.1 Å². The lowest BCUT2D eigenvalue weighted by Gasteiger charge is -2.25. The summed E-state index contributed by atoms with van der Waals surface area (Å²) in [6, 6.07) is 11.2. The molecule has 1 aromatic carbocycles. The number of hydrogen-bond acceptors (Lipinski definition) is 3. The minimum absolute atomic E-state index is 0.361. The van der Waals surface area contributed by atoms with E-state index in [2.05, 4.69) is 6.92 Å². The monoisotopic (exact) mass is 319 g/mol. The molecule has 0 saturated heterocycles. The molecule has 4 heteroatoms. The summed E-state index contributed by atoms with van der Waals surface area (Å²) in [5.41, 5.74) is 3.76. The fraction of sp³-hybridized carbons (Fsp3) is 0.200. The zero-order chi connectivity index (χ0) is 16.7. The van der Waals surface area contributed by atoms with Gasteiger partial charge in [-0.3, -0.25) is 0 Å². The molecule has 4 nitrogen and oxygen atoms in total. The van der Waals surface area contributed by atoms with Crippen molar-refractivity contribution in [2.45, 2.75) is 19.8 Å². The largest absolute Gasteiger partial charge is 0.478 e. The maximum atomic E-state index is 12.0. The number of fused-ring (bicyclic) bond motifs is 2. The summed E-state index contributed by atoms with van der Waals surface area (Å²) in [7, 11) is 0. The van der Waals surface area contributed by atoms with Gasteiger partial charge in [-0.25, -0.2) is 9.78 Å². The van der Waals surface area contributed by atoms with Crippen molar-refractivity contribution in [3.05, 3.63) is 65.2 Å². The summed E-state index contributed by atoms with van der Waals surface area (Å²) < 4.78 is 5.43. The van der Waals surface area contributed by atoms with Gasteiger partial charge in [0.2, 0.25) is 0 Å². The Balaban J connectivity index is 2.02. The van der Waals surface area contributed by atoms with Crippen molar-refractivity contribution in [1.82, 2.24) is 4.98 Å². The highest BCUT2D eigenvalue weighted by molar-refractivity contribution is 6.05. The smallest absolute Gasteiger partial charge is 0.336 e. The van der Waals surface area contributed by atoms with Crippen LogP contribution in [0.15, 0.2) is 47.1 Å². The maximum Gasteiger partial charge on any atom is 0.336 e. The summed E-state index contributed by atoms with van der Waals surface area (Å²) in [6.07, 6.45) is 5.19. The molecule has 0 saturated carbocycles. The zero-order valence-electron chi connectivity index (χ0n) is 13.3. The van der Waals surface area contributed by atoms with Gasteiger partial charge >= 0.3 is 5.97 Å². The van der Waals surface area contributed by atoms with Crippen molar-refractivity contribution in [2.24, 2.45) is 5.92 Å². The maximum absolute atomic E-state index is 12.0. The molecular weight excluding hydrogens is 302 g/mol. The number of benzene rings is 1. The predicted octanol–water partition coefficient (Wildman–Crippen LogP) is 4.65. The van der Waals surface area contributed by atoms with Gasteiger partial charge in [0.25, 0.3) is 0 Å². The van der Waals surface area contributed by atoms with Gasteiger partial charge in [-0.15, -0.1) is 0 Å². The van der Waals surface area contributed by atoms with E-state index in [1.807, 2.05) is 42.5 Å². The van der Waals surface area contributed by atoms with E-state index in [9.17, 15) is 9.90 Å². The number of carboxylic acids is 1. The molecule has 2 aromatic heterocycles. The average Bonchev–Trinajstić information content (AvgIpc) is 3.05. The van der Waals surface area contributed by atoms with Crippen LogP contribution in [0.2, 0.25) is 0 Å². The van der Waals surface area contributed by atoms with Crippen molar-refractivity contribution < 1.29 is 14.3 Å². The number of allylic oxidation sites excluding steroid dienone is 1. The molecular formula is C20H17NO3. The van der Waals surface area contributed by atoms with Gasteiger partial charge in [-0.05, 0) is 54.2 Å². The summed E-state index contributed by atoms with van der Waals surface area (Å²) in [5, 5.41) is 10.5. The minimum Gasteiger partial charge on any atom is -0.478 e. The average molecular weight is 319 g/mol. The third kappa shape index (κ3) is 2.40. The van der Waals surface area contributed by atoms with E-state index in [0.717, 1.165) is 35.4 Å². The Morgan fingerprint density at radius 1 is 1.25 bits per heavy atom. The van der Waals surface area contributed by atoms with Gasteiger partial charge in [0.15, 0.2) is 0 Å². The van der Waals surface area contributed by atoms with Crippen LogP contribution in [0.1, 0.15) is 40.7 Å². The van der Waals surface area contributed by atoms with Crippen LogP contribution < -0.4 is 0 Å². The van der Waals surface area contributed by atoms with Gasteiger partial charge in [0.1, 0.15) is 5.76 Å². The summed E-state index contributed by atoms with van der Waals surface area (Å²) in [4.78, 5) is 16.7. The Hall–Kier alpha value is -2.88. The minimum atomic E-state index is -0.892. The topological polar surface area (TPSA) is 63.3 Å². The highest BCUT2D eigenvalue weighted by atomic mass is 16.4. The van der Waals surface area contributed by atoms with Crippen LogP contribution in [-0.4, -0.2) is 16.1 Å². The Kier molecular flexibility index (Phi) is 3.45. The highest BCUT2D eigenvalue weighted by Crippen LogP contribution is 2.38. The first-order valence-corrected chi connectivity index (χ1v) is 8.03. The molecule has 2 heterocycles. The molecule has 0 aliphatic heterocycles. The number of pyridine rings is 1. The number of carbonyl (C=O) groups is 1. The number of hydrogen-bond donors (Lipinski definition) is 1. The van der Waals surface area contributed by atoms with Gasteiger partial charge in [0, 0.05) is 5.39 Å². The van der Waals surface area contributed by atoms with Crippen LogP contribution in [0, 0.1) is 5.92 Å². The number of carboxylic acid groups (broad SMARTS) is 1. The second-order valence-corrected chi connectivity index (χ2v) is 6.33. The molecule has 4 rings (SSSR count). The van der Waals surface area contributed by atoms with E-state index in [1.54, 1.807) is 6.26 Å². The molecule has 24 heavy (non-hydrogen) atoms. The first-order valence-electron chi connectivity index (χ1n) is 8.03. The van der Waals surface area contributed by atoms with Crippen molar-refractivity contribution in [2.75, 3.05) is 0 Å². The number of furan rings is 1. The quantitative estimate of drug-likeness (QED) is 0.747. The number of aromatic nitrogens is 1. The second-order valence-electron chi connectivity index (χ2n) is 6.33. The van der Waals surface area contributed by atoms with Crippen LogP contribution in [0.3, 0.4) is 0 Å². The molecule has 0 fully saturated rings. The lowest BCUT2D eigenvalue weighted by atomic mass is 9.81. The molecule has 1 aliphatic rings.